The van der Waals surface area contributed by atoms with E-state index in [4.69, 9.17) is 21.1 Å². The molecule has 6 heteroatoms. The molecule has 0 saturated carbocycles. The molecule has 1 aromatic carbocycles. The number of nitrogens with zero attached hydrogens (tertiary/aromatic N) is 2. The Balaban J connectivity index is 2.24. The SMILES string of the molecule is COCCOc1ccc(-c2nc(I)cn2CC(C)C)cc1Cl. The van der Waals surface area contributed by atoms with Gasteiger partial charge in [0, 0.05) is 25.4 Å². The molecule has 2 aromatic rings. The lowest BCUT2D eigenvalue weighted by atomic mass is 10.2. The molecule has 0 aliphatic heterocycles. The number of halogens is 2. The van der Waals surface area contributed by atoms with Crippen LogP contribution in [0.1, 0.15) is 13.8 Å². The van der Waals surface area contributed by atoms with Crippen LogP contribution in [0.5, 0.6) is 5.75 Å². The highest BCUT2D eigenvalue weighted by atomic mass is 127. The van der Waals surface area contributed by atoms with Gasteiger partial charge >= 0.3 is 0 Å². The van der Waals surface area contributed by atoms with E-state index in [1.807, 2.05) is 18.2 Å². The fourth-order valence-corrected chi connectivity index (χ4v) is 2.94. The first-order valence-corrected chi connectivity index (χ1v) is 8.61. The number of benzene rings is 1. The van der Waals surface area contributed by atoms with Crippen LogP contribution in [0, 0.1) is 9.62 Å². The van der Waals surface area contributed by atoms with Crippen LogP contribution in [-0.4, -0.2) is 29.9 Å². The normalized spacial score (nSPS) is 11.2. The summed E-state index contributed by atoms with van der Waals surface area (Å²) < 4.78 is 13.7. The molecule has 2 rings (SSSR count). The fourth-order valence-electron chi connectivity index (χ4n) is 2.14. The summed E-state index contributed by atoms with van der Waals surface area (Å²) in [6.07, 6.45) is 2.06. The summed E-state index contributed by atoms with van der Waals surface area (Å²) in [5, 5.41) is 0.586. The van der Waals surface area contributed by atoms with Gasteiger partial charge in [-0.3, -0.25) is 0 Å². The predicted molar refractivity (Wildman–Crippen MR) is 97.6 cm³/mol. The van der Waals surface area contributed by atoms with Crippen molar-refractivity contribution in [3.63, 3.8) is 0 Å². The Hall–Kier alpha value is -0.790. The second-order valence-corrected chi connectivity index (χ2v) is 6.93. The van der Waals surface area contributed by atoms with Crippen LogP contribution < -0.4 is 4.74 Å². The Morgan fingerprint density at radius 3 is 2.73 bits per heavy atom. The second kappa shape index (κ2) is 8.17. The minimum atomic E-state index is 0.482. The number of hydrogen-bond acceptors (Lipinski definition) is 3. The van der Waals surface area contributed by atoms with Crippen LogP contribution in [0.3, 0.4) is 0 Å². The average Bonchev–Trinajstić information content (AvgIpc) is 2.80. The Morgan fingerprint density at radius 2 is 2.09 bits per heavy atom. The smallest absolute Gasteiger partial charge is 0.141 e. The Kier molecular flexibility index (Phi) is 6.52. The lowest BCUT2D eigenvalue weighted by molar-refractivity contribution is 0.146. The van der Waals surface area contributed by atoms with Gasteiger partial charge in [0.1, 0.15) is 21.9 Å². The van der Waals surface area contributed by atoms with Crippen LogP contribution in [0.4, 0.5) is 0 Å². The molecule has 0 radical (unpaired) electrons. The number of methoxy groups -OCH3 is 1. The third-order valence-corrected chi connectivity index (χ3v) is 3.86. The van der Waals surface area contributed by atoms with Crippen molar-refractivity contribution in [2.75, 3.05) is 20.3 Å². The van der Waals surface area contributed by atoms with E-state index in [0.29, 0.717) is 29.9 Å². The molecule has 0 unspecified atom stereocenters. The lowest BCUT2D eigenvalue weighted by Crippen LogP contribution is -2.06. The first-order chi connectivity index (χ1) is 10.5. The maximum absolute atomic E-state index is 6.32. The summed E-state index contributed by atoms with van der Waals surface area (Å²) in [5.41, 5.74) is 0.993. The van der Waals surface area contributed by atoms with Crippen molar-refractivity contribution in [3.8, 4) is 17.1 Å². The van der Waals surface area contributed by atoms with Crippen molar-refractivity contribution in [3.05, 3.63) is 33.1 Å². The van der Waals surface area contributed by atoms with E-state index in [9.17, 15) is 0 Å². The van der Waals surface area contributed by atoms with Crippen LogP contribution in [0.2, 0.25) is 5.02 Å². The first-order valence-electron chi connectivity index (χ1n) is 7.15. The van der Waals surface area contributed by atoms with Crippen molar-refractivity contribution in [2.45, 2.75) is 20.4 Å². The van der Waals surface area contributed by atoms with Crippen molar-refractivity contribution in [2.24, 2.45) is 5.92 Å². The highest BCUT2D eigenvalue weighted by Gasteiger charge is 2.12. The Bertz CT molecular complexity index is 629. The molecule has 1 heterocycles. The quantitative estimate of drug-likeness (QED) is 0.476. The van der Waals surface area contributed by atoms with Gasteiger partial charge in [0.2, 0.25) is 0 Å². The molecule has 0 aliphatic carbocycles. The van der Waals surface area contributed by atoms with Crippen molar-refractivity contribution >= 4 is 34.2 Å². The van der Waals surface area contributed by atoms with Crippen molar-refractivity contribution < 1.29 is 9.47 Å². The molecule has 0 saturated heterocycles. The zero-order chi connectivity index (χ0) is 16.1. The van der Waals surface area contributed by atoms with Crippen LogP contribution >= 0.6 is 34.2 Å². The molecule has 0 amide bonds. The molecule has 0 bridgehead atoms. The summed E-state index contributed by atoms with van der Waals surface area (Å²) in [6.45, 7) is 6.33. The summed E-state index contributed by atoms with van der Waals surface area (Å²) in [6, 6.07) is 5.77. The highest BCUT2D eigenvalue weighted by Crippen LogP contribution is 2.30. The monoisotopic (exact) mass is 434 g/mol. The maximum Gasteiger partial charge on any atom is 0.141 e. The van der Waals surface area contributed by atoms with Gasteiger partial charge in [-0.2, -0.15) is 0 Å². The minimum Gasteiger partial charge on any atom is -0.490 e. The maximum atomic E-state index is 6.32. The number of hydrogen-bond donors (Lipinski definition) is 0. The molecular formula is C16H20ClIN2O2. The zero-order valence-electron chi connectivity index (χ0n) is 13.0. The van der Waals surface area contributed by atoms with E-state index < -0.39 is 0 Å². The van der Waals surface area contributed by atoms with E-state index >= 15 is 0 Å². The Morgan fingerprint density at radius 1 is 1.32 bits per heavy atom. The number of rotatable bonds is 7. The molecule has 0 N–H and O–H groups in total. The van der Waals surface area contributed by atoms with Crippen LogP contribution in [-0.2, 0) is 11.3 Å². The molecule has 0 spiro atoms. The van der Waals surface area contributed by atoms with E-state index in [1.165, 1.54) is 0 Å². The van der Waals surface area contributed by atoms with Gasteiger partial charge in [0.15, 0.2) is 0 Å². The largest absolute Gasteiger partial charge is 0.490 e. The molecule has 120 valence electrons. The zero-order valence-corrected chi connectivity index (χ0v) is 15.9. The number of aromatic nitrogens is 2. The van der Waals surface area contributed by atoms with Crippen LogP contribution in [0.15, 0.2) is 24.4 Å². The van der Waals surface area contributed by atoms with Gasteiger partial charge in [0.25, 0.3) is 0 Å². The number of ether oxygens (including phenoxy) is 2. The summed E-state index contributed by atoms with van der Waals surface area (Å²) in [5.74, 6) is 2.15. The molecule has 4 nitrogen and oxygen atoms in total. The lowest BCUT2D eigenvalue weighted by Gasteiger charge is -2.12. The van der Waals surface area contributed by atoms with E-state index in [2.05, 4.69) is 52.2 Å². The first kappa shape index (κ1) is 17.6. The fraction of sp³-hybridized carbons (Fsp3) is 0.438. The van der Waals surface area contributed by atoms with Gasteiger partial charge in [-0.15, -0.1) is 0 Å². The summed E-state index contributed by atoms with van der Waals surface area (Å²) in [4.78, 5) is 4.61. The minimum absolute atomic E-state index is 0.482. The summed E-state index contributed by atoms with van der Waals surface area (Å²) in [7, 11) is 1.64. The van der Waals surface area contributed by atoms with E-state index in [1.54, 1.807) is 7.11 Å². The standard InChI is InChI=1S/C16H20ClIN2O2/c1-11(2)9-20-10-15(18)19-16(20)12-4-5-14(13(17)8-12)22-7-6-21-3/h4-5,8,10-11H,6-7,9H2,1-3H3. The van der Waals surface area contributed by atoms with Gasteiger partial charge in [-0.05, 0) is 46.7 Å². The van der Waals surface area contributed by atoms with Crippen LogP contribution in [0.25, 0.3) is 11.4 Å². The van der Waals surface area contributed by atoms with E-state index in [-0.39, 0.29) is 0 Å². The Labute approximate surface area is 149 Å². The van der Waals surface area contributed by atoms with Gasteiger partial charge in [-0.1, -0.05) is 25.4 Å². The van der Waals surface area contributed by atoms with Crippen molar-refractivity contribution in [1.29, 1.82) is 0 Å². The second-order valence-electron chi connectivity index (χ2n) is 5.42. The third-order valence-electron chi connectivity index (χ3n) is 3.04. The predicted octanol–water partition coefficient (Wildman–Crippen LogP) is 4.49. The van der Waals surface area contributed by atoms with Gasteiger partial charge < -0.3 is 14.0 Å². The molecule has 0 aliphatic rings. The van der Waals surface area contributed by atoms with Gasteiger partial charge in [-0.25, -0.2) is 4.98 Å². The topological polar surface area (TPSA) is 36.3 Å². The molecule has 22 heavy (non-hydrogen) atoms. The molecule has 0 fully saturated rings. The molecule has 1 aromatic heterocycles. The number of imidazole rings is 1. The van der Waals surface area contributed by atoms with Crippen molar-refractivity contribution in [1.82, 2.24) is 9.55 Å². The molecule has 0 atom stereocenters. The highest BCUT2D eigenvalue weighted by molar-refractivity contribution is 14.1. The van der Waals surface area contributed by atoms with E-state index in [0.717, 1.165) is 21.6 Å². The molecular weight excluding hydrogens is 415 g/mol. The third kappa shape index (κ3) is 4.60. The average molecular weight is 435 g/mol. The van der Waals surface area contributed by atoms with Gasteiger partial charge in [0.05, 0.1) is 11.6 Å². The summed E-state index contributed by atoms with van der Waals surface area (Å²) >= 11 is 8.55.